The molecule has 46 heavy (non-hydrogen) atoms. The summed E-state index contributed by atoms with van der Waals surface area (Å²) in [6.07, 6.45) is 3.30. The summed E-state index contributed by atoms with van der Waals surface area (Å²) in [5, 5.41) is 7.62. The van der Waals surface area contributed by atoms with E-state index in [0.29, 0.717) is 41.5 Å². The van der Waals surface area contributed by atoms with Crippen molar-refractivity contribution in [2.24, 2.45) is 10.3 Å². The van der Waals surface area contributed by atoms with Crippen molar-refractivity contribution in [1.29, 1.82) is 0 Å². The molecule has 0 unspecified atom stereocenters. The van der Waals surface area contributed by atoms with Gasteiger partial charge in [0, 0.05) is 29.2 Å². The van der Waals surface area contributed by atoms with Crippen molar-refractivity contribution < 1.29 is 28.9 Å². The number of rotatable bonds is 12. The molecule has 0 fully saturated rings. The molecule has 1 aliphatic carbocycles. The lowest BCUT2D eigenvalue weighted by molar-refractivity contribution is 0.0507. The van der Waals surface area contributed by atoms with Gasteiger partial charge in [0.1, 0.15) is 5.71 Å². The Morgan fingerprint density at radius 3 is 1.98 bits per heavy atom. The van der Waals surface area contributed by atoms with E-state index in [0.717, 1.165) is 22.3 Å². The summed E-state index contributed by atoms with van der Waals surface area (Å²) in [6, 6.07) is 28.3. The Morgan fingerprint density at radius 1 is 0.717 bits per heavy atom. The summed E-state index contributed by atoms with van der Waals surface area (Å²) in [7, 11) is 0. The first-order chi connectivity index (χ1) is 22.3. The molecule has 232 valence electrons. The molecule has 4 aromatic carbocycles. The average molecular weight is 615 g/mol. The lowest BCUT2D eigenvalue weighted by Crippen LogP contribution is -2.27. The number of nitrogens with zero attached hydrogens (tertiary/aromatic N) is 2. The second kappa shape index (κ2) is 14.1. The van der Waals surface area contributed by atoms with Crippen molar-refractivity contribution in [3.05, 3.63) is 130 Å². The van der Waals surface area contributed by atoms with E-state index in [1.54, 1.807) is 66.7 Å². The van der Waals surface area contributed by atoms with E-state index in [9.17, 15) is 19.2 Å². The zero-order valence-corrected chi connectivity index (χ0v) is 26.0. The lowest BCUT2D eigenvalue weighted by Gasteiger charge is -2.31. The summed E-state index contributed by atoms with van der Waals surface area (Å²) in [4.78, 5) is 61.5. The van der Waals surface area contributed by atoms with Crippen LogP contribution in [0.15, 0.2) is 107 Å². The fraction of sp³-hybridized carbons (Fsp3) is 0.211. The van der Waals surface area contributed by atoms with Gasteiger partial charge in [0.15, 0.2) is 5.78 Å². The molecule has 0 saturated heterocycles. The third-order valence-electron chi connectivity index (χ3n) is 8.47. The largest absolute Gasteiger partial charge is 0.365 e. The third kappa shape index (κ3) is 6.33. The molecule has 0 atom stereocenters. The average Bonchev–Trinajstić information content (AvgIpc) is 3.40. The standard InChI is InChI=1S/C38H34N2O6/c1-4-38(5-2)32-24-28(33(41)20-13-23-39-45-36(43)26-14-8-6-9-15-26)21-22-29(32)30-18-12-19-31(34(30)38)35(42)25(3)40-46-37(44)27-16-10-7-11-17-27/h6-12,14-19,21-24H,4-5,13,20H2,1-3H3. The molecule has 4 aromatic rings. The molecule has 0 N–H and O–H groups in total. The Kier molecular flexibility index (Phi) is 9.76. The van der Waals surface area contributed by atoms with Crippen LogP contribution in [0.25, 0.3) is 11.1 Å². The van der Waals surface area contributed by atoms with Gasteiger partial charge in [-0.05, 0) is 78.8 Å². The van der Waals surface area contributed by atoms with Gasteiger partial charge in [0.25, 0.3) is 0 Å². The van der Waals surface area contributed by atoms with Crippen molar-refractivity contribution in [1.82, 2.24) is 0 Å². The third-order valence-corrected chi connectivity index (χ3v) is 8.47. The highest BCUT2D eigenvalue weighted by Gasteiger charge is 2.43. The van der Waals surface area contributed by atoms with Crippen LogP contribution in [0.4, 0.5) is 0 Å². The molecular formula is C38H34N2O6. The lowest BCUT2D eigenvalue weighted by atomic mass is 9.71. The summed E-state index contributed by atoms with van der Waals surface area (Å²) in [5.74, 6) is -1.61. The summed E-state index contributed by atoms with van der Waals surface area (Å²) >= 11 is 0. The highest BCUT2D eigenvalue weighted by Crippen LogP contribution is 2.54. The molecule has 0 radical (unpaired) electrons. The first-order valence-corrected chi connectivity index (χ1v) is 15.3. The van der Waals surface area contributed by atoms with Gasteiger partial charge in [-0.25, -0.2) is 9.59 Å². The molecule has 8 heteroatoms. The second-order valence-electron chi connectivity index (χ2n) is 11.0. The van der Waals surface area contributed by atoms with Crippen molar-refractivity contribution in [3.63, 3.8) is 0 Å². The molecule has 0 bridgehead atoms. The molecule has 0 amide bonds. The first-order valence-electron chi connectivity index (χ1n) is 15.3. The smallest absolute Gasteiger partial charge is 0.313 e. The van der Waals surface area contributed by atoms with Crippen molar-refractivity contribution in [2.45, 2.75) is 51.9 Å². The molecule has 0 heterocycles. The fourth-order valence-electron chi connectivity index (χ4n) is 6.03. The predicted octanol–water partition coefficient (Wildman–Crippen LogP) is 7.99. The van der Waals surface area contributed by atoms with Crippen LogP contribution in [-0.4, -0.2) is 35.4 Å². The Hall–Kier alpha value is -5.50. The van der Waals surface area contributed by atoms with E-state index in [1.165, 1.54) is 13.1 Å². The number of hydrogen-bond acceptors (Lipinski definition) is 8. The highest BCUT2D eigenvalue weighted by atomic mass is 16.7. The first kappa shape index (κ1) is 31.9. The van der Waals surface area contributed by atoms with Gasteiger partial charge in [0.2, 0.25) is 5.78 Å². The quantitative estimate of drug-likeness (QED) is 0.0692. The van der Waals surface area contributed by atoms with Crippen LogP contribution in [0.1, 0.15) is 99.0 Å². The molecule has 5 rings (SSSR count). The van der Waals surface area contributed by atoms with E-state index >= 15 is 0 Å². The maximum atomic E-state index is 13.8. The molecule has 0 spiro atoms. The number of fused-ring (bicyclic) bond motifs is 3. The number of carbonyl (C=O) groups is 4. The number of ketones is 2. The molecule has 0 aromatic heterocycles. The van der Waals surface area contributed by atoms with Gasteiger partial charge in [-0.1, -0.05) is 90.9 Å². The van der Waals surface area contributed by atoms with Gasteiger partial charge in [-0.3, -0.25) is 9.59 Å². The maximum Gasteiger partial charge on any atom is 0.365 e. The van der Waals surface area contributed by atoms with Crippen LogP contribution in [0.2, 0.25) is 0 Å². The van der Waals surface area contributed by atoms with Crippen LogP contribution >= 0.6 is 0 Å². The molecule has 8 nitrogen and oxygen atoms in total. The van der Waals surface area contributed by atoms with Gasteiger partial charge in [-0.2, -0.15) is 0 Å². The number of oxime groups is 2. The fourth-order valence-corrected chi connectivity index (χ4v) is 6.03. The monoisotopic (exact) mass is 614 g/mol. The van der Waals surface area contributed by atoms with Crippen LogP contribution < -0.4 is 0 Å². The van der Waals surface area contributed by atoms with E-state index in [-0.39, 0.29) is 23.7 Å². The molecular weight excluding hydrogens is 580 g/mol. The van der Waals surface area contributed by atoms with Gasteiger partial charge >= 0.3 is 11.9 Å². The van der Waals surface area contributed by atoms with E-state index in [4.69, 9.17) is 9.68 Å². The SMILES string of the molecule is CCC1(CC)c2cc(C(=O)CCC=NOC(=O)c3ccccc3)ccc2-c2cccc(C(=O)C(C)=NOC(=O)c3ccccc3)c21. The maximum absolute atomic E-state index is 13.8. The Bertz CT molecular complexity index is 1840. The minimum atomic E-state index is -0.647. The normalized spacial score (nSPS) is 13.2. The number of benzene rings is 4. The van der Waals surface area contributed by atoms with E-state index in [1.807, 2.05) is 30.3 Å². The van der Waals surface area contributed by atoms with Gasteiger partial charge in [0.05, 0.1) is 11.1 Å². The Morgan fingerprint density at radius 2 is 1.35 bits per heavy atom. The number of carbonyl (C=O) groups excluding carboxylic acids is 4. The van der Waals surface area contributed by atoms with Crippen LogP contribution in [0.3, 0.4) is 0 Å². The van der Waals surface area contributed by atoms with Crippen LogP contribution in [-0.2, 0) is 15.1 Å². The van der Waals surface area contributed by atoms with Gasteiger partial charge in [-0.15, -0.1) is 0 Å². The number of hydrogen-bond donors (Lipinski definition) is 0. The number of Topliss-reactive ketones (excluding diaryl/α,β-unsaturated/α-hetero) is 2. The molecule has 1 aliphatic rings. The minimum Gasteiger partial charge on any atom is -0.313 e. The van der Waals surface area contributed by atoms with Crippen molar-refractivity contribution in [2.75, 3.05) is 0 Å². The topological polar surface area (TPSA) is 111 Å². The summed E-state index contributed by atoms with van der Waals surface area (Å²) in [5.41, 5.74) is 5.12. The zero-order chi connectivity index (χ0) is 32.7. The van der Waals surface area contributed by atoms with E-state index in [2.05, 4.69) is 24.2 Å². The zero-order valence-electron chi connectivity index (χ0n) is 26.0. The highest BCUT2D eigenvalue weighted by molar-refractivity contribution is 6.45. The predicted molar refractivity (Wildman–Crippen MR) is 176 cm³/mol. The second-order valence-corrected chi connectivity index (χ2v) is 11.0. The van der Waals surface area contributed by atoms with Crippen LogP contribution in [0.5, 0.6) is 0 Å². The summed E-state index contributed by atoms with van der Waals surface area (Å²) in [6.45, 7) is 5.69. The van der Waals surface area contributed by atoms with Crippen molar-refractivity contribution in [3.8, 4) is 11.1 Å². The Labute approximate surface area is 267 Å². The van der Waals surface area contributed by atoms with E-state index < -0.39 is 17.4 Å². The van der Waals surface area contributed by atoms with Crippen LogP contribution in [0, 0.1) is 0 Å². The van der Waals surface area contributed by atoms with Crippen molar-refractivity contribution >= 4 is 35.4 Å². The van der Waals surface area contributed by atoms with Gasteiger partial charge < -0.3 is 9.68 Å². The molecule has 0 aliphatic heterocycles. The Balaban J connectivity index is 1.34. The summed E-state index contributed by atoms with van der Waals surface area (Å²) < 4.78 is 0. The minimum absolute atomic E-state index is 0.0572. The molecule has 0 saturated carbocycles.